The average Bonchev–Trinajstić information content (AvgIpc) is 3.29. The second kappa shape index (κ2) is 10.2. The first-order chi connectivity index (χ1) is 16.3. The molecule has 4 rings (SSSR count). The van der Waals surface area contributed by atoms with E-state index in [1.54, 1.807) is 42.2 Å². The van der Waals surface area contributed by atoms with E-state index in [0.717, 1.165) is 5.56 Å². The molecule has 2 heterocycles. The highest BCUT2D eigenvalue weighted by Crippen LogP contribution is 2.29. The van der Waals surface area contributed by atoms with E-state index >= 15 is 0 Å². The number of furan rings is 1. The van der Waals surface area contributed by atoms with E-state index in [0.29, 0.717) is 49.1 Å². The predicted octanol–water partition coefficient (Wildman–Crippen LogP) is 4.83. The molecular weight excluding hydrogens is 465 g/mol. The monoisotopic (exact) mass is 487 g/mol. The van der Waals surface area contributed by atoms with Gasteiger partial charge in [-0.25, -0.2) is 4.39 Å². The maximum Gasteiger partial charge on any atom is 0.311 e. The summed E-state index contributed by atoms with van der Waals surface area (Å²) in [6.07, 6.45) is 0. The van der Waals surface area contributed by atoms with Gasteiger partial charge in [0.2, 0.25) is 0 Å². The molecule has 10 heteroatoms. The number of nitro benzene ring substituents is 1. The molecule has 178 valence electrons. The summed E-state index contributed by atoms with van der Waals surface area (Å²) in [6, 6.07) is 12.5. The van der Waals surface area contributed by atoms with Crippen molar-refractivity contribution in [3.63, 3.8) is 0 Å². The lowest BCUT2D eigenvalue weighted by Crippen LogP contribution is -2.48. The Bertz CT molecular complexity index is 1190. The fourth-order valence-electron chi connectivity index (χ4n) is 3.78. The van der Waals surface area contributed by atoms with Crippen LogP contribution >= 0.6 is 11.6 Å². The molecule has 1 aliphatic rings. The summed E-state index contributed by atoms with van der Waals surface area (Å²) >= 11 is 6.12. The van der Waals surface area contributed by atoms with Gasteiger partial charge in [-0.2, -0.15) is 0 Å². The SMILES string of the molecule is Cc1ccc(OCc2ccc(C(=O)N3CCN(Cc4c(F)cccc4Cl)CC3)o2)c([N+](=O)[O-])c1. The minimum atomic E-state index is -0.501. The number of carbonyl (C=O) groups excluding carboxylic acids is 1. The summed E-state index contributed by atoms with van der Waals surface area (Å²) < 4.78 is 25.2. The highest BCUT2D eigenvalue weighted by Gasteiger charge is 2.25. The molecular formula is C24H23ClFN3O5. The van der Waals surface area contributed by atoms with Gasteiger partial charge < -0.3 is 14.1 Å². The molecule has 0 saturated carbocycles. The predicted molar refractivity (Wildman–Crippen MR) is 123 cm³/mol. The van der Waals surface area contributed by atoms with Crippen LogP contribution in [0.4, 0.5) is 10.1 Å². The van der Waals surface area contributed by atoms with Crippen molar-refractivity contribution in [3.8, 4) is 5.75 Å². The summed E-state index contributed by atoms with van der Waals surface area (Å²) in [7, 11) is 0. The van der Waals surface area contributed by atoms with E-state index in [2.05, 4.69) is 0 Å². The summed E-state index contributed by atoms with van der Waals surface area (Å²) in [6.45, 7) is 4.17. The van der Waals surface area contributed by atoms with Crippen molar-refractivity contribution in [2.75, 3.05) is 26.2 Å². The molecule has 3 aromatic rings. The number of halogens is 2. The van der Waals surface area contributed by atoms with Crippen molar-refractivity contribution in [2.45, 2.75) is 20.1 Å². The molecule has 0 bridgehead atoms. The number of amides is 1. The summed E-state index contributed by atoms with van der Waals surface area (Å²) in [5, 5.41) is 11.6. The van der Waals surface area contributed by atoms with Crippen LogP contribution in [-0.2, 0) is 13.2 Å². The highest BCUT2D eigenvalue weighted by atomic mass is 35.5. The van der Waals surface area contributed by atoms with Gasteiger partial charge in [0.1, 0.15) is 18.2 Å². The van der Waals surface area contributed by atoms with Crippen molar-refractivity contribution in [1.82, 2.24) is 9.80 Å². The normalized spacial score (nSPS) is 14.3. The minimum Gasteiger partial charge on any atom is -0.479 e. The Morgan fingerprint density at radius 3 is 2.65 bits per heavy atom. The molecule has 2 aromatic carbocycles. The maximum absolute atomic E-state index is 14.1. The van der Waals surface area contributed by atoms with Gasteiger partial charge >= 0.3 is 5.69 Å². The molecule has 0 atom stereocenters. The Labute approximate surface area is 200 Å². The number of ether oxygens (including phenoxy) is 1. The van der Waals surface area contributed by atoms with E-state index in [-0.39, 0.29) is 35.5 Å². The van der Waals surface area contributed by atoms with Gasteiger partial charge in [-0.1, -0.05) is 23.7 Å². The van der Waals surface area contributed by atoms with Crippen LogP contribution in [0.15, 0.2) is 52.9 Å². The molecule has 0 spiro atoms. The zero-order valence-corrected chi connectivity index (χ0v) is 19.3. The Morgan fingerprint density at radius 1 is 1.18 bits per heavy atom. The van der Waals surface area contributed by atoms with E-state index in [9.17, 15) is 19.3 Å². The molecule has 1 aliphatic heterocycles. The third-order valence-electron chi connectivity index (χ3n) is 5.66. The largest absolute Gasteiger partial charge is 0.479 e. The quantitative estimate of drug-likeness (QED) is 0.350. The fourth-order valence-corrected chi connectivity index (χ4v) is 4.01. The summed E-state index contributed by atoms with van der Waals surface area (Å²) in [5.41, 5.74) is 1.08. The molecule has 0 aliphatic carbocycles. The van der Waals surface area contributed by atoms with Crippen LogP contribution in [0.2, 0.25) is 5.02 Å². The van der Waals surface area contributed by atoms with Crippen LogP contribution in [0.25, 0.3) is 0 Å². The van der Waals surface area contributed by atoms with E-state index in [4.69, 9.17) is 20.8 Å². The van der Waals surface area contributed by atoms with E-state index < -0.39 is 4.92 Å². The first kappa shape index (κ1) is 23.7. The molecule has 1 amide bonds. The number of benzene rings is 2. The smallest absolute Gasteiger partial charge is 0.311 e. The van der Waals surface area contributed by atoms with Gasteiger partial charge in [0.25, 0.3) is 5.91 Å². The molecule has 34 heavy (non-hydrogen) atoms. The highest BCUT2D eigenvalue weighted by molar-refractivity contribution is 6.31. The molecule has 8 nitrogen and oxygen atoms in total. The number of rotatable bonds is 7. The van der Waals surface area contributed by atoms with Crippen LogP contribution < -0.4 is 4.74 Å². The number of carbonyl (C=O) groups is 1. The number of piperazine rings is 1. The van der Waals surface area contributed by atoms with Crippen molar-refractivity contribution in [1.29, 1.82) is 0 Å². The molecule has 0 unspecified atom stereocenters. The third-order valence-corrected chi connectivity index (χ3v) is 6.01. The lowest BCUT2D eigenvalue weighted by molar-refractivity contribution is -0.386. The van der Waals surface area contributed by atoms with Crippen molar-refractivity contribution in [2.24, 2.45) is 0 Å². The van der Waals surface area contributed by atoms with Gasteiger partial charge in [-0.3, -0.25) is 19.8 Å². The average molecular weight is 488 g/mol. The molecule has 1 aromatic heterocycles. The van der Waals surface area contributed by atoms with Gasteiger partial charge in [-0.15, -0.1) is 0 Å². The van der Waals surface area contributed by atoms with Gasteiger partial charge in [-0.05, 0) is 42.8 Å². The van der Waals surface area contributed by atoms with Crippen LogP contribution in [-0.4, -0.2) is 46.8 Å². The standard InChI is InChI=1S/C24H23ClFN3O5/c1-16-5-7-22(21(13-16)29(31)32)33-15-17-6-8-23(34-17)24(30)28-11-9-27(10-12-28)14-18-19(25)3-2-4-20(18)26/h2-8,13H,9-12,14-15H2,1H3. The maximum atomic E-state index is 14.1. The first-order valence-electron chi connectivity index (χ1n) is 10.7. The van der Waals surface area contributed by atoms with Gasteiger partial charge in [0.15, 0.2) is 11.5 Å². The number of hydrogen-bond donors (Lipinski definition) is 0. The van der Waals surface area contributed by atoms with Crippen LogP contribution in [0.3, 0.4) is 0 Å². The van der Waals surface area contributed by atoms with Crippen LogP contribution in [0, 0.1) is 22.9 Å². The number of nitrogens with zero attached hydrogens (tertiary/aromatic N) is 3. The van der Waals surface area contributed by atoms with Gasteiger partial charge in [0, 0.05) is 49.4 Å². The first-order valence-corrected chi connectivity index (χ1v) is 11.1. The summed E-state index contributed by atoms with van der Waals surface area (Å²) in [4.78, 5) is 27.3. The Balaban J connectivity index is 1.32. The molecule has 0 radical (unpaired) electrons. The van der Waals surface area contributed by atoms with E-state index in [1.165, 1.54) is 18.2 Å². The third kappa shape index (κ3) is 5.37. The fraction of sp³-hybridized carbons (Fsp3) is 0.292. The second-order valence-electron chi connectivity index (χ2n) is 8.05. The van der Waals surface area contributed by atoms with Crippen molar-refractivity contribution < 1.29 is 23.3 Å². The molecule has 1 saturated heterocycles. The second-order valence-corrected chi connectivity index (χ2v) is 8.46. The molecule has 0 N–H and O–H groups in total. The minimum absolute atomic E-state index is 0.0473. The van der Waals surface area contributed by atoms with Crippen molar-refractivity contribution >= 4 is 23.2 Å². The number of aryl methyl sites for hydroxylation is 1. The lowest BCUT2D eigenvalue weighted by Gasteiger charge is -2.34. The lowest BCUT2D eigenvalue weighted by atomic mass is 10.1. The zero-order chi connectivity index (χ0) is 24.2. The Hall–Kier alpha value is -3.43. The van der Waals surface area contributed by atoms with Crippen LogP contribution in [0.5, 0.6) is 5.75 Å². The van der Waals surface area contributed by atoms with Crippen LogP contribution in [0.1, 0.15) is 27.4 Å². The summed E-state index contributed by atoms with van der Waals surface area (Å²) in [5.74, 6) is 0.0862. The number of nitro groups is 1. The van der Waals surface area contributed by atoms with Crippen molar-refractivity contribution in [3.05, 3.63) is 92.1 Å². The van der Waals surface area contributed by atoms with E-state index in [1.807, 2.05) is 4.90 Å². The Morgan fingerprint density at radius 2 is 1.94 bits per heavy atom. The zero-order valence-electron chi connectivity index (χ0n) is 18.5. The molecule has 1 fully saturated rings. The number of hydrogen-bond acceptors (Lipinski definition) is 6. The van der Waals surface area contributed by atoms with Gasteiger partial charge in [0.05, 0.1) is 4.92 Å². The topological polar surface area (TPSA) is 89.1 Å². The Kier molecular flexibility index (Phi) is 7.14.